The summed E-state index contributed by atoms with van der Waals surface area (Å²) in [5.41, 5.74) is -0.666. The van der Waals surface area contributed by atoms with Gasteiger partial charge in [0.25, 0.3) is 0 Å². The van der Waals surface area contributed by atoms with Crippen LogP contribution in [0.4, 0.5) is 13.2 Å². The number of amides is 1. The Hall–Kier alpha value is -0.160. The van der Waals surface area contributed by atoms with Crippen molar-refractivity contribution < 1.29 is 18.0 Å². The molecule has 0 atom stereocenters. The maximum Gasteiger partial charge on any atom is 0.391 e. The molecule has 0 unspecified atom stereocenters. The molecule has 1 amide bonds. The van der Waals surface area contributed by atoms with E-state index in [4.69, 9.17) is 23.2 Å². The quantitative estimate of drug-likeness (QED) is 0.754. The van der Waals surface area contributed by atoms with Crippen LogP contribution in [-0.4, -0.2) is 29.4 Å². The Morgan fingerprint density at radius 1 is 1.15 bits per heavy atom. The summed E-state index contributed by atoms with van der Waals surface area (Å²) < 4.78 is 37.7. The smallest absolute Gasteiger partial charge is 0.348 e. The number of rotatable bonds is 5. The molecule has 0 radical (unpaired) electrons. The van der Waals surface area contributed by atoms with Crippen molar-refractivity contribution in [1.82, 2.24) is 5.32 Å². The van der Waals surface area contributed by atoms with Crippen molar-refractivity contribution >= 4 is 29.1 Å². The second-order valence-electron chi connectivity index (χ2n) is 5.48. The maximum absolute atomic E-state index is 12.6. The molecule has 0 aromatic heterocycles. The van der Waals surface area contributed by atoms with Gasteiger partial charge in [-0.1, -0.05) is 6.92 Å². The number of carbonyl (C=O) groups excluding carboxylic acids is 1. The Kier molecular flexibility index (Phi) is 6.45. The summed E-state index contributed by atoms with van der Waals surface area (Å²) in [4.78, 5) is 12.1. The van der Waals surface area contributed by atoms with Crippen molar-refractivity contribution in [1.29, 1.82) is 0 Å². The lowest BCUT2D eigenvalue weighted by molar-refractivity contribution is -0.184. The third-order valence-electron chi connectivity index (χ3n) is 4.14. The fraction of sp³-hybridized carbons (Fsp3) is 0.923. The van der Waals surface area contributed by atoms with Gasteiger partial charge in [0, 0.05) is 17.7 Å². The topological polar surface area (TPSA) is 29.1 Å². The van der Waals surface area contributed by atoms with Crippen molar-refractivity contribution in [3.8, 4) is 0 Å². The van der Waals surface area contributed by atoms with Crippen molar-refractivity contribution in [3.05, 3.63) is 0 Å². The molecule has 20 heavy (non-hydrogen) atoms. The van der Waals surface area contributed by atoms with Gasteiger partial charge >= 0.3 is 6.18 Å². The lowest BCUT2D eigenvalue weighted by atomic mass is 9.81. The second kappa shape index (κ2) is 7.21. The first-order chi connectivity index (χ1) is 9.28. The van der Waals surface area contributed by atoms with E-state index >= 15 is 0 Å². The third kappa shape index (κ3) is 4.42. The van der Waals surface area contributed by atoms with Gasteiger partial charge in [-0.15, -0.1) is 23.2 Å². The molecule has 0 aromatic rings. The monoisotopic (exact) mass is 333 g/mol. The minimum absolute atomic E-state index is 0.0163. The van der Waals surface area contributed by atoms with E-state index in [1.54, 1.807) is 0 Å². The van der Waals surface area contributed by atoms with E-state index in [2.05, 4.69) is 5.32 Å². The molecule has 0 aromatic carbocycles. The Morgan fingerprint density at radius 3 is 2.00 bits per heavy atom. The summed E-state index contributed by atoms with van der Waals surface area (Å²) in [7, 11) is 0. The Labute approximate surface area is 127 Å². The lowest BCUT2D eigenvalue weighted by Crippen LogP contribution is -2.53. The van der Waals surface area contributed by atoms with Crippen molar-refractivity contribution in [2.75, 3.05) is 11.8 Å². The molecule has 1 saturated carbocycles. The van der Waals surface area contributed by atoms with E-state index in [0.29, 0.717) is 6.42 Å². The molecule has 1 rings (SSSR count). The van der Waals surface area contributed by atoms with Crippen LogP contribution in [0.25, 0.3) is 0 Å². The van der Waals surface area contributed by atoms with E-state index in [1.807, 2.05) is 6.92 Å². The van der Waals surface area contributed by atoms with E-state index in [-0.39, 0.29) is 49.3 Å². The van der Waals surface area contributed by atoms with E-state index in [9.17, 15) is 18.0 Å². The molecular formula is C13H20Cl2F3NO. The first-order valence-corrected chi connectivity index (χ1v) is 7.85. The first kappa shape index (κ1) is 17.9. The van der Waals surface area contributed by atoms with Crippen LogP contribution in [0.15, 0.2) is 0 Å². The highest BCUT2D eigenvalue weighted by Gasteiger charge is 2.43. The van der Waals surface area contributed by atoms with Crippen LogP contribution in [0.2, 0.25) is 0 Å². The molecule has 1 fully saturated rings. The van der Waals surface area contributed by atoms with Crippen LogP contribution in [0.1, 0.15) is 39.0 Å². The van der Waals surface area contributed by atoms with Crippen LogP contribution in [0.5, 0.6) is 0 Å². The van der Waals surface area contributed by atoms with Gasteiger partial charge in [0.2, 0.25) is 5.91 Å². The van der Waals surface area contributed by atoms with Gasteiger partial charge in [-0.2, -0.15) is 13.2 Å². The summed E-state index contributed by atoms with van der Waals surface area (Å²) in [5.74, 6) is -1.49. The zero-order valence-electron chi connectivity index (χ0n) is 11.4. The minimum Gasteiger partial charge on any atom is -0.348 e. The molecule has 0 saturated heterocycles. The molecule has 1 aliphatic rings. The second-order valence-corrected chi connectivity index (χ2v) is 6.02. The van der Waals surface area contributed by atoms with Gasteiger partial charge in [-0.25, -0.2) is 0 Å². The highest BCUT2D eigenvalue weighted by atomic mass is 35.5. The lowest BCUT2D eigenvalue weighted by Gasteiger charge is -2.34. The maximum atomic E-state index is 12.6. The van der Waals surface area contributed by atoms with E-state index < -0.39 is 17.6 Å². The highest BCUT2D eigenvalue weighted by molar-refractivity contribution is 6.22. The van der Waals surface area contributed by atoms with Gasteiger partial charge in [-0.05, 0) is 32.1 Å². The first-order valence-electron chi connectivity index (χ1n) is 6.78. The fourth-order valence-corrected chi connectivity index (χ4v) is 3.22. The van der Waals surface area contributed by atoms with Gasteiger partial charge in [0.05, 0.1) is 11.5 Å². The Bertz CT molecular complexity index is 316. The summed E-state index contributed by atoms with van der Waals surface area (Å²) in [5, 5.41) is 2.82. The molecule has 0 spiro atoms. The average Bonchev–Trinajstić information content (AvgIpc) is 2.44. The Morgan fingerprint density at radius 2 is 1.65 bits per heavy atom. The molecule has 2 nitrogen and oxygen atoms in total. The number of alkyl halides is 5. The standard InChI is InChI=1S/C13H20Cl2F3NO/c1-2-12(7-14,8-15)19-11(20)9-3-5-10(6-4-9)13(16,17)18/h9-10H,2-8H2,1H3,(H,19,20). The number of halogens is 5. The van der Waals surface area contributed by atoms with Gasteiger partial charge in [-0.3, -0.25) is 4.79 Å². The van der Waals surface area contributed by atoms with Gasteiger partial charge in [0.1, 0.15) is 0 Å². The van der Waals surface area contributed by atoms with Crippen molar-refractivity contribution in [2.45, 2.75) is 50.7 Å². The van der Waals surface area contributed by atoms with Crippen LogP contribution < -0.4 is 5.32 Å². The van der Waals surface area contributed by atoms with Crippen LogP contribution >= 0.6 is 23.2 Å². The molecular weight excluding hydrogens is 314 g/mol. The summed E-state index contributed by atoms with van der Waals surface area (Å²) in [6.45, 7) is 1.87. The number of nitrogens with one attached hydrogen (secondary N) is 1. The van der Waals surface area contributed by atoms with Gasteiger partial charge in [0.15, 0.2) is 0 Å². The predicted molar refractivity (Wildman–Crippen MR) is 74.1 cm³/mol. The molecule has 0 bridgehead atoms. The van der Waals surface area contributed by atoms with Crippen LogP contribution in [0, 0.1) is 11.8 Å². The molecule has 0 aliphatic heterocycles. The molecule has 1 N–H and O–H groups in total. The van der Waals surface area contributed by atoms with Crippen LogP contribution in [0.3, 0.4) is 0 Å². The number of hydrogen-bond donors (Lipinski definition) is 1. The highest BCUT2D eigenvalue weighted by Crippen LogP contribution is 2.39. The average molecular weight is 334 g/mol. The zero-order valence-corrected chi connectivity index (χ0v) is 12.9. The number of carbonyl (C=O) groups is 1. The van der Waals surface area contributed by atoms with Crippen LogP contribution in [-0.2, 0) is 4.79 Å². The SMILES string of the molecule is CCC(CCl)(CCl)NC(=O)C1CCC(C(F)(F)F)CC1. The van der Waals surface area contributed by atoms with Gasteiger partial charge < -0.3 is 5.32 Å². The zero-order chi connectivity index (χ0) is 15.4. The largest absolute Gasteiger partial charge is 0.391 e. The summed E-state index contributed by atoms with van der Waals surface area (Å²) in [6, 6.07) is 0. The Balaban J connectivity index is 2.55. The van der Waals surface area contributed by atoms with Crippen molar-refractivity contribution in [2.24, 2.45) is 11.8 Å². The van der Waals surface area contributed by atoms with E-state index in [1.165, 1.54) is 0 Å². The number of hydrogen-bond acceptors (Lipinski definition) is 1. The van der Waals surface area contributed by atoms with Crippen molar-refractivity contribution in [3.63, 3.8) is 0 Å². The third-order valence-corrected chi connectivity index (χ3v) is 5.16. The minimum atomic E-state index is -4.15. The fourth-order valence-electron chi connectivity index (χ4n) is 2.43. The molecule has 7 heteroatoms. The normalized spacial score (nSPS) is 24.5. The van der Waals surface area contributed by atoms with E-state index in [0.717, 1.165) is 0 Å². The summed E-state index contributed by atoms with van der Waals surface area (Å²) >= 11 is 11.7. The predicted octanol–water partition coefficient (Wildman–Crippen LogP) is 4.10. The molecule has 118 valence electrons. The molecule has 1 aliphatic carbocycles. The molecule has 0 heterocycles. The summed E-state index contributed by atoms with van der Waals surface area (Å²) in [6.07, 6.45) is -3.00.